The van der Waals surface area contributed by atoms with Gasteiger partial charge in [-0.05, 0) is 97.4 Å². The number of ether oxygens (including phenoxy) is 2. The van der Waals surface area contributed by atoms with Gasteiger partial charge in [0.1, 0.15) is 5.75 Å². The van der Waals surface area contributed by atoms with Crippen LogP contribution >= 0.6 is 27.7 Å². The zero-order valence-corrected chi connectivity index (χ0v) is 20.8. The van der Waals surface area contributed by atoms with Gasteiger partial charge in [0.05, 0.1) is 33.3 Å². The maximum atomic E-state index is 12.9. The molecule has 32 heavy (non-hydrogen) atoms. The molecule has 2 aromatic rings. The molecule has 2 aromatic carbocycles. The number of carbonyl (C=O) groups excluding carboxylic acids is 2. The van der Waals surface area contributed by atoms with Crippen molar-refractivity contribution < 1.29 is 19.1 Å². The minimum atomic E-state index is -0.395. The van der Waals surface area contributed by atoms with Gasteiger partial charge >= 0.3 is 5.97 Å². The van der Waals surface area contributed by atoms with Crippen LogP contribution < -0.4 is 4.74 Å². The maximum Gasteiger partial charge on any atom is 0.338 e. The largest absolute Gasteiger partial charge is 0.490 e. The molecule has 168 valence electrons. The van der Waals surface area contributed by atoms with Crippen LogP contribution in [0.3, 0.4) is 0 Å². The average molecular weight is 517 g/mol. The molecule has 0 bridgehead atoms. The summed E-state index contributed by atoms with van der Waals surface area (Å²) in [5.74, 6) is 0.260. The summed E-state index contributed by atoms with van der Waals surface area (Å²) in [6.45, 7) is 8.40. The first-order chi connectivity index (χ1) is 15.3. The van der Waals surface area contributed by atoms with Gasteiger partial charge in [0.2, 0.25) is 0 Å². The Morgan fingerprint density at radius 2 is 2.00 bits per heavy atom. The molecular formula is C24H25BrN2O4S. The second-order valence-electron chi connectivity index (χ2n) is 7.18. The van der Waals surface area contributed by atoms with Gasteiger partial charge in [0.25, 0.3) is 5.91 Å². The van der Waals surface area contributed by atoms with Gasteiger partial charge < -0.3 is 9.47 Å². The number of carbonyl (C=O) groups is 2. The van der Waals surface area contributed by atoms with Gasteiger partial charge in [-0.15, -0.1) is 0 Å². The molecule has 8 heteroatoms. The molecule has 1 heterocycles. The van der Waals surface area contributed by atoms with E-state index < -0.39 is 5.97 Å². The number of esters is 1. The number of benzene rings is 2. The molecule has 6 nitrogen and oxygen atoms in total. The Bertz CT molecular complexity index is 1080. The second kappa shape index (κ2) is 10.8. The number of amidine groups is 1. The van der Waals surface area contributed by atoms with Crippen molar-refractivity contribution in [1.82, 2.24) is 4.90 Å². The van der Waals surface area contributed by atoms with E-state index in [-0.39, 0.29) is 12.0 Å². The molecule has 0 unspecified atom stereocenters. The molecule has 0 spiro atoms. The van der Waals surface area contributed by atoms with E-state index in [4.69, 9.17) is 9.47 Å². The third kappa shape index (κ3) is 5.81. The quantitative estimate of drug-likeness (QED) is 0.331. The minimum absolute atomic E-state index is 0.0710. The number of thioether (sulfide) groups is 1. The third-order valence-corrected chi connectivity index (χ3v) is 6.03. The van der Waals surface area contributed by atoms with Crippen LogP contribution in [0.2, 0.25) is 0 Å². The van der Waals surface area contributed by atoms with Gasteiger partial charge in [0, 0.05) is 6.54 Å². The molecule has 0 atom stereocenters. The number of rotatable bonds is 7. The van der Waals surface area contributed by atoms with Crippen LogP contribution in [0.4, 0.5) is 5.69 Å². The topological polar surface area (TPSA) is 68.2 Å². The number of halogens is 1. The number of aliphatic imine (C=N–C) groups is 1. The van der Waals surface area contributed by atoms with Gasteiger partial charge in [-0.1, -0.05) is 12.1 Å². The van der Waals surface area contributed by atoms with Gasteiger partial charge in [-0.2, -0.15) is 0 Å². The van der Waals surface area contributed by atoms with Crippen molar-refractivity contribution in [1.29, 1.82) is 0 Å². The highest BCUT2D eigenvalue weighted by molar-refractivity contribution is 9.10. The zero-order chi connectivity index (χ0) is 23.3. The molecule has 0 saturated carbocycles. The van der Waals surface area contributed by atoms with Crippen LogP contribution in [-0.2, 0) is 9.53 Å². The Morgan fingerprint density at radius 1 is 1.22 bits per heavy atom. The average Bonchev–Trinajstić information content (AvgIpc) is 3.04. The summed E-state index contributed by atoms with van der Waals surface area (Å²) in [4.78, 5) is 31.8. The third-order valence-electron chi connectivity index (χ3n) is 4.40. The van der Waals surface area contributed by atoms with Gasteiger partial charge in [-0.25, -0.2) is 9.79 Å². The Morgan fingerprint density at radius 3 is 2.66 bits per heavy atom. The molecule has 0 N–H and O–H groups in total. The molecule has 0 aliphatic carbocycles. The summed E-state index contributed by atoms with van der Waals surface area (Å²) in [6.07, 6.45) is 1.92. The Labute approximate surface area is 200 Å². The Kier molecular flexibility index (Phi) is 8.15. The lowest BCUT2D eigenvalue weighted by molar-refractivity contribution is -0.122. The van der Waals surface area contributed by atoms with Crippen LogP contribution in [0.25, 0.3) is 6.08 Å². The van der Waals surface area contributed by atoms with E-state index in [9.17, 15) is 9.59 Å². The fraction of sp³-hybridized carbons (Fsp3) is 0.292. The molecule has 0 aromatic heterocycles. The summed E-state index contributed by atoms with van der Waals surface area (Å²) in [5, 5.41) is 0.573. The van der Waals surface area contributed by atoms with E-state index in [1.54, 1.807) is 36.1 Å². The van der Waals surface area contributed by atoms with Crippen molar-refractivity contribution in [2.24, 2.45) is 4.99 Å². The molecule has 0 radical (unpaired) electrons. The fourth-order valence-electron chi connectivity index (χ4n) is 3.01. The molecular weight excluding hydrogens is 492 g/mol. The molecule has 1 fully saturated rings. The summed E-state index contributed by atoms with van der Waals surface area (Å²) >= 11 is 4.84. The van der Waals surface area contributed by atoms with Crippen molar-refractivity contribution in [2.75, 3.05) is 13.2 Å². The Balaban J connectivity index is 1.87. The van der Waals surface area contributed by atoms with Gasteiger partial charge in [-0.3, -0.25) is 9.69 Å². The molecule has 1 amide bonds. The van der Waals surface area contributed by atoms with Crippen LogP contribution in [-0.4, -0.2) is 41.2 Å². The summed E-state index contributed by atoms with van der Waals surface area (Å²) < 4.78 is 11.6. The first kappa shape index (κ1) is 24.1. The lowest BCUT2D eigenvalue weighted by Gasteiger charge is -2.12. The van der Waals surface area contributed by atoms with E-state index >= 15 is 0 Å². The van der Waals surface area contributed by atoms with Crippen LogP contribution in [0, 0.1) is 0 Å². The molecule has 1 aliphatic rings. The van der Waals surface area contributed by atoms with Crippen LogP contribution in [0.15, 0.2) is 56.8 Å². The SMILES string of the molecule is CCOC(=O)c1cccc(N=C2SC(=Cc3ccc(OC(C)C)c(Br)c3)C(=O)N2CC)c1. The number of hydrogen-bond donors (Lipinski definition) is 0. The minimum Gasteiger partial charge on any atom is -0.490 e. The first-order valence-corrected chi connectivity index (χ1v) is 12.0. The maximum absolute atomic E-state index is 12.9. The smallest absolute Gasteiger partial charge is 0.338 e. The predicted molar refractivity (Wildman–Crippen MR) is 132 cm³/mol. The number of amides is 1. The van der Waals surface area contributed by atoms with Gasteiger partial charge in [0.15, 0.2) is 5.17 Å². The predicted octanol–water partition coefficient (Wildman–Crippen LogP) is 6.04. The second-order valence-corrected chi connectivity index (χ2v) is 9.05. The van der Waals surface area contributed by atoms with E-state index in [0.717, 1.165) is 15.8 Å². The standard InChI is InChI=1S/C24H25BrN2O4S/c1-5-27-22(28)21(13-16-10-11-20(19(25)12-16)31-15(3)4)32-24(27)26-18-9-7-8-17(14-18)23(29)30-6-2/h7-15H,5-6H2,1-4H3. The Hall–Kier alpha value is -2.58. The first-order valence-electron chi connectivity index (χ1n) is 10.4. The fourth-order valence-corrected chi connectivity index (χ4v) is 4.56. The molecule has 3 rings (SSSR count). The number of hydrogen-bond acceptors (Lipinski definition) is 6. The summed E-state index contributed by atoms with van der Waals surface area (Å²) in [6, 6.07) is 12.6. The lowest BCUT2D eigenvalue weighted by atomic mass is 10.2. The van der Waals surface area contributed by atoms with Crippen molar-refractivity contribution in [3.63, 3.8) is 0 Å². The monoisotopic (exact) mass is 516 g/mol. The summed E-state index contributed by atoms with van der Waals surface area (Å²) in [7, 11) is 0. The molecule has 1 aliphatic heterocycles. The number of nitrogens with zero attached hydrogens (tertiary/aromatic N) is 2. The van der Waals surface area contributed by atoms with Crippen molar-refractivity contribution in [2.45, 2.75) is 33.8 Å². The van der Waals surface area contributed by atoms with E-state index in [1.807, 2.05) is 45.0 Å². The van der Waals surface area contributed by atoms with Crippen molar-refractivity contribution >= 4 is 56.5 Å². The van der Waals surface area contributed by atoms with Crippen LogP contribution in [0.1, 0.15) is 43.6 Å². The highest BCUT2D eigenvalue weighted by Gasteiger charge is 2.32. The van der Waals surface area contributed by atoms with Crippen molar-refractivity contribution in [3.05, 3.63) is 63.0 Å². The van der Waals surface area contributed by atoms with E-state index in [2.05, 4.69) is 20.9 Å². The van der Waals surface area contributed by atoms with E-state index in [0.29, 0.717) is 34.5 Å². The normalized spacial score (nSPS) is 16.3. The summed E-state index contributed by atoms with van der Waals surface area (Å²) in [5.41, 5.74) is 1.89. The number of likely N-dealkylation sites (N-methyl/N-ethyl adjacent to an activating group) is 1. The highest BCUT2D eigenvalue weighted by Crippen LogP contribution is 2.35. The molecule has 1 saturated heterocycles. The van der Waals surface area contributed by atoms with Crippen LogP contribution in [0.5, 0.6) is 5.75 Å². The zero-order valence-electron chi connectivity index (χ0n) is 18.4. The highest BCUT2D eigenvalue weighted by atomic mass is 79.9. The van der Waals surface area contributed by atoms with Crippen molar-refractivity contribution in [3.8, 4) is 5.75 Å². The lowest BCUT2D eigenvalue weighted by Crippen LogP contribution is -2.28. The van der Waals surface area contributed by atoms with E-state index in [1.165, 1.54) is 11.8 Å².